The molecule has 0 saturated carbocycles. The van der Waals surface area contributed by atoms with Crippen LogP contribution in [-0.2, 0) is 4.79 Å². The van der Waals surface area contributed by atoms with E-state index in [9.17, 15) is 4.79 Å². The van der Waals surface area contributed by atoms with E-state index in [4.69, 9.17) is 5.73 Å². The fraction of sp³-hybridized carbons (Fsp3) is 0.615. The summed E-state index contributed by atoms with van der Waals surface area (Å²) < 4.78 is 0. The summed E-state index contributed by atoms with van der Waals surface area (Å²) in [6.45, 7) is 10.7. The molecular formula is C13H23N3O. The number of rotatable bonds is 6. The molecule has 1 rings (SSSR count). The van der Waals surface area contributed by atoms with Gasteiger partial charge in [0.15, 0.2) is 0 Å². The van der Waals surface area contributed by atoms with Gasteiger partial charge in [-0.15, -0.1) is 13.2 Å². The topological polar surface area (TPSA) is 49.6 Å². The molecule has 1 aliphatic rings. The first-order valence-corrected chi connectivity index (χ1v) is 6.15. The van der Waals surface area contributed by atoms with Crippen molar-refractivity contribution in [3.63, 3.8) is 0 Å². The monoisotopic (exact) mass is 237 g/mol. The molecule has 1 saturated heterocycles. The molecule has 4 heteroatoms. The third kappa shape index (κ3) is 4.71. The Labute approximate surface area is 104 Å². The van der Waals surface area contributed by atoms with Gasteiger partial charge in [0.2, 0.25) is 5.91 Å². The van der Waals surface area contributed by atoms with Gasteiger partial charge in [-0.25, -0.2) is 0 Å². The Morgan fingerprint density at radius 3 is 2.59 bits per heavy atom. The van der Waals surface area contributed by atoms with Crippen molar-refractivity contribution < 1.29 is 4.79 Å². The summed E-state index contributed by atoms with van der Waals surface area (Å²) in [5.41, 5.74) is 5.90. The molecule has 0 aliphatic carbocycles. The van der Waals surface area contributed by atoms with Crippen LogP contribution in [0.4, 0.5) is 0 Å². The summed E-state index contributed by atoms with van der Waals surface area (Å²) in [5, 5.41) is 0. The molecule has 0 aromatic heterocycles. The zero-order chi connectivity index (χ0) is 12.7. The number of hydrogen-bond donors (Lipinski definition) is 1. The molecule has 1 atom stereocenters. The van der Waals surface area contributed by atoms with Gasteiger partial charge in [-0.2, -0.15) is 0 Å². The predicted octanol–water partition coefficient (Wildman–Crippen LogP) is 0.610. The normalized spacial score (nSPS) is 20.9. The number of carbonyl (C=O) groups excluding carboxylic acids is 1. The molecule has 0 radical (unpaired) electrons. The lowest BCUT2D eigenvalue weighted by Gasteiger charge is -2.31. The lowest BCUT2D eigenvalue weighted by Crippen LogP contribution is -2.47. The maximum atomic E-state index is 12.0. The molecule has 0 bridgehead atoms. The summed E-state index contributed by atoms with van der Waals surface area (Å²) in [7, 11) is 0. The number of likely N-dealkylation sites (tertiary alicyclic amines) is 1. The maximum absolute atomic E-state index is 12.0. The Hall–Kier alpha value is -1.13. The maximum Gasteiger partial charge on any atom is 0.237 e. The van der Waals surface area contributed by atoms with Crippen LogP contribution in [0.5, 0.6) is 0 Å². The van der Waals surface area contributed by atoms with Crippen LogP contribution in [0.2, 0.25) is 0 Å². The van der Waals surface area contributed by atoms with Crippen molar-refractivity contribution >= 4 is 5.91 Å². The van der Waals surface area contributed by atoms with E-state index < -0.39 is 0 Å². The van der Waals surface area contributed by atoms with Crippen LogP contribution in [0.25, 0.3) is 0 Å². The standard InChI is InChI=1S/C13H23N3O/c1-3-7-16(8-4-2)13(17)11-15-9-5-6-12(14)10-15/h3-4,12H,1-2,5-11,14H2/t12-/m1/s1. The van der Waals surface area contributed by atoms with Crippen LogP contribution in [0, 0.1) is 0 Å². The first kappa shape index (κ1) is 13.9. The second kappa shape index (κ2) is 7.25. The Balaban J connectivity index is 2.44. The molecule has 0 unspecified atom stereocenters. The molecule has 17 heavy (non-hydrogen) atoms. The van der Waals surface area contributed by atoms with Gasteiger partial charge in [0.25, 0.3) is 0 Å². The largest absolute Gasteiger partial charge is 0.334 e. The van der Waals surface area contributed by atoms with Crippen LogP contribution in [0.1, 0.15) is 12.8 Å². The number of nitrogens with two attached hydrogens (primary N) is 1. The highest BCUT2D eigenvalue weighted by Crippen LogP contribution is 2.08. The summed E-state index contributed by atoms with van der Waals surface area (Å²) in [6, 6.07) is 0.212. The Morgan fingerprint density at radius 1 is 1.41 bits per heavy atom. The highest BCUT2D eigenvalue weighted by molar-refractivity contribution is 5.78. The molecule has 96 valence electrons. The molecule has 2 N–H and O–H groups in total. The van der Waals surface area contributed by atoms with Gasteiger partial charge in [-0.3, -0.25) is 9.69 Å². The summed E-state index contributed by atoms with van der Waals surface area (Å²) in [4.78, 5) is 15.9. The third-order valence-corrected chi connectivity index (χ3v) is 2.95. The molecule has 1 fully saturated rings. The van der Waals surface area contributed by atoms with Gasteiger partial charge in [0.05, 0.1) is 6.54 Å². The molecule has 0 spiro atoms. The Kier molecular flexibility index (Phi) is 5.94. The van der Waals surface area contributed by atoms with Crippen molar-refractivity contribution in [3.8, 4) is 0 Å². The minimum absolute atomic E-state index is 0.124. The van der Waals surface area contributed by atoms with E-state index in [1.807, 2.05) is 0 Å². The molecule has 1 amide bonds. The van der Waals surface area contributed by atoms with Gasteiger partial charge in [0.1, 0.15) is 0 Å². The van der Waals surface area contributed by atoms with Gasteiger partial charge in [0, 0.05) is 25.7 Å². The fourth-order valence-electron chi connectivity index (χ4n) is 2.12. The van der Waals surface area contributed by atoms with Gasteiger partial charge in [-0.05, 0) is 19.4 Å². The van der Waals surface area contributed by atoms with Crippen molar-refractivity contribution in [2.24, 2.45) is 5.73 Å². The van der Waals surface area contributed by atoms with E-state index in [0.29, 0.717) is 19.6 Å². The van der Waals surface area contributed by atoms with Crippen LogP contribution in [-0.4, -0.2) is 54.5 Å². The van der Waals surface area contributed by atoms with Crippen LogP contribution < -0.4 is 5.73 Å². The van der Waals surface area contributed by atoms with E-state index in [0.717, 1.165) is 25.9 Å². The average Bonchev–Trinajstić information content (AvgIpc) is 2.28. The Bertz CT molecular complexity index is 268. The van der Waals surface area contributed by atoms with Crippen LogP contribution >= 0.6 is 0 Å². The number of nitrogens with zero attached hydrogens (tertiary/aromatic N) is 2. The quantitative estimate of drug-likeness (QED) is 0.689. The number of carbonyl (C=O) groups is 1. The van der Waals surface area contributed by atoms with Crippen molar-refractivity contribution in [1.82, 2.24) is 9.80 Å². The number of amides is 1. The highest BCUT2D eigenvalue weighted by Gasteiger charge is 2.20. The Morgan fingerprint density at radius 2 is 2.06 bits per heavy atom. The minimum Gasteiger partial charge on any atom is -0.334 e. The molecular weight excluding hydrogens is 214 g/mol. The smallest absolute Gasteiger partial charge is 0.237 e. The third-order valence-electron chi connectivity index (χ3n) is 2.95. The zero-order valence-electron chi connectivity index (χ0n) is 10.5. The molecule has 4 nitrogen and oxygen atoms in total. The van der Waals surface area contributed by atoms with Gasteiger partial charge in [-0.1, -0.05) is 12.2 Å². The summed E-state index contributed by atoms with van der Waals surface area (Å²) >= 11 is 0. The van der Waals surface area contributed by atoms with Crippen molar-refractivity contribution in [3.05, 3.63) is 25.3 Å². The first-order chi connectivity index (χ1) is 8.17. The second-order valence-electron chi connectivity index (χ2n) is 4.51. The number of hydrogen-bond acceptors (Lipinski definition) is 3. The van der Waals surface area contributed by atoms with Crippen molar-refractivity contribution in [2.45, 2.75) is 18.9 Å². The van der Waals surface area contributed by atoms with Gasteiger partial charge >= 0.3 is 0 Å². The molecule has 1 heterocycles. The lowest BCUT2D eigenvalue weighted by atomic mass is 10.1. The van der Waals surface area contributed by atoms with E-state index in [-0.39, 0.29) is 11.9 Å². The van der Waals surface area contributed by atoms with E-state index in [2.05, 4.69) is 18.1 Å². The minimum atomic E-state index is 0.124. The van der Waals surface area contributed by atoms with Crippen molar-refractivity contribution in [2.75, 3.05) is 32.7 Å². The zero-order valence-corrected chi connectivity index (χ0v) is 10.5. The lowest BCUT2D eigenvalue weighted by molar-refractivity contribution is -0.131. The summed E-state index contributed by atoms with van der Waals surface area (Å²) in [5.74, 6) is 0.124. The SMILES string of the molecule is C=CCN(CC=C)C(=O)CN1CCC[C@@H](N)C1. The van der Waals surface area contributed by atoms with E-state index in [1.165, 1.54) is 0 Å². The molecule has 0 aromatic rings. The van der Waals surface area contributed by atoms with E-state index >= 15 is 0 Å². The molecule has 1 aliphatic heterocycles. The van der Waals surface area contributed by atoms with Gasteiger partial charge < -0.3 is 10.6 Å². The van der Waals surface area contributed by atoms with Crippen LogP contribution in [0.15, 0.2) is 25.3 Å². The fourth-order valence-corrected chi connectivity index (χ4v) is 2.12. The van der Waals surface area contributed by atoms with Crippen molar-refractivity contribution in [1.29, 1.82) is 0 Å². The molecule has 0 aromatic carbocycles. The van der Waals surface area contributed by atoms with E-state index in [1.54, 1.807) is 17.1 Å². The highest BCUT2D eigenvalue weighted by atomic mass is 16.2. The average molecular weight is 237 g/mol. The van der Waals surface area contributed by atoms with Crippen LogP contribution in [0.3, 0.4) is 0 Å². The second-order valence-corrected chi connectivity index (χ2v) is 4.51. The summed E-state index contributed by atoms with van der Waals surface area (Å²) in [6.07, 6.45) is 5.62. The first-order valence-electron chi connectivity index (χ1n) is 6.15. The number of piperidine rings is 1. The predicted molar refractivity (Wildman–Crippen MR) is 70.6 cm³/mol.